The highest BCUT2D eigenvalue weighted by atomic mass is 19.1. The molecule has 1 saturated heterocycles. The fourth-order valence-electron chi connectivity index (χ4n) is 3.98. The number of amides is 1. The molecule has 1 aliphatic heterocycles. The van der Waals surface area contributed by atoms with Crippen molar-refractivity contribution in [3.8, 4) is 11.4 Å². The van der Waals surface area contributed by atoms with Crippen molar-refractivity contribution in [3.63, 3.8) is 0 Å². The van der Waals surface area contributed by atoms with Gasteiger partial charge in [-0.3, -0.25) is 14.7 Å². The molecule has 4 rings (SSSR count). The standard InChI is InChI=1S/C27H30FN5O2/c1-5-6-13-29-27-31-23(26(34)33(27)19(3)21-8-10-22(28)11-9-21)14-20-7-12-24(25(15-20)35-4)32-16-18(2)30-17-32/h7-12,14-17,19H,5-6,13H2,1-4H3,(H,29,31)/t19-/m0/s1. The lowest BCUT2D eigenvalue weighted by atomic mass is 10.1. The van der Waals surface area contributed by atoms with Gasteiger partial charge in [-0.15, -0.1) is 0 Å². The first kappa shape index (κ1) is 24.2. The zero-order valence-electron chi connectivity index (χ0n) is 20.5. The largest absolute Gasteiger partial charge is 0.495 e. The second-order valence-electron chi connectivity index (χ2n) is 8.50. The molecule has 1 amide bonds. The minimum Gasteiger partial charge on any atom is -0.495 e. The van der Waals surface area contributed by atoms with Gasteiger partial charge in [0.2, 0.25) is 5.96 Å². The normalized spacial score (nSPS) is 16.7. The zero-order valence-corrected chi connectivity index (χ0v) is 20.5. The molecule has 3 aromatic rings. The Morgan fingerprint density at radius 1 is 1.23 bits per heavy atom. The Labute approximate surface area is 205 Å². The topological polar surface area (TPSA) is 71.7 Å². The van der Waals surface area contributed by atoms with Crippen LogP contribution in [0, 0.1) is 12.7 Å². The Bertz CT molecular complexity index is 1260. The van der Waals surface area contributed by atoms with Crippen LogP contribution in [-0.2, 0) is 4.79 Å². The summed E-state index contributed by atoms with van der Waals surface area (Å²) in [7, 11) is 1.61. The van der Waals surface area contributed by atoms with Crippen molar-refractivity contribution in [1.82, 2.24) is 19.8 Å². The second kappa shape index (κ2) is 10.5. The third-order valence-corrected chi connectivity index (χ3v) is 5.94. The number of guanidine groups is 1. The number of benzene rings is 2. The Morgan fingerprint density at radius 3 is 2.66 bits per heavy atom. The molecule has 0 radical (unpaired) electrons. The number of halogens is 1. The fraction of sp³-hybridized carbons (Fsp3) is 0.296. The Kier molecular flexibility index (Phi) is 7.29. The third-order valence-electron chi connectivity index (χ3n) is 5.94. The molecule has 7 nitrogen and oxygen atoms in total. The predicted molar refractivity (Wildman–Crippen MR) is 135 cm³/mol. The van der Waals surface area contributed by atoms with Gasteiger partial charge in [-0.25, -0.2) is 9.37 Å². The molecule has 0 bridgehead atoms. The first-order valence-corrected chi connectivity index (χ1v) is 11.7. The van der Waals surface area contributed by atoms with Crippen LogP contribution in [0.4, 0.5) is 4.39 Å². The number of aromatic nitrogens is 2. The van der Waals surface area contributed by atoms with Crippen LogP contribution in [0.2, 0.25) is 0 Å². The summed E-state index contributed by atoms with van der Waals surface area (Å²) in [5, 5.41) is 3.20. The molecule has 35 heavy (non-hydrogen) atoms. The molecule has 2 aromatic carbocycles. The van der Waals surface area contributed by atoms with Crippen LogP contribution in [0.3, 0.4) is 0 Å². The van der Waals surface area contributed by atoms with Crippen LogP contribution in [0.1, 0.15) is 49.6 Å². The minimum absolute atomic E-state index is 0.189. The van der Waals surface area contributed by atoms with Crippen molar-refractivity contribution in [2.24, 2.45) is 4.99 Å². The van der Waals surface area contributed by atoms with Gasteiger partial charge in [0.15, 0.2) is 0 Å². The number of nitrogens with zero attached hydrogens (tertiary/aromatic N) is 4. The number of aryl methyl sites for hydroxylation is 1. The molecule has 182 valence electrons. The highest BCUT2D eigenvalue weighted by Crippen LogP contribution is 2.29. The summed E-state index contributed by atoms with van der Waals surface area (Å²) in [6.07, 6.45) is 7.38. The van der Waals surface area contributed by atoms with Crippen molar-refractivity contribution in [2.75, 3.05) is 13.7 Å². The molecule has 1 atom stereocenters. The van der Waals surface area contributed by atoms with Gasteiger partial charge in [-0.2, -0.15) is 0 Å². The van der Waals surface area contributed by atoms with Gasteiger partial charge in [0.1, 0.15) is 17.3 Å². The number of hydrogen-bond acceptors (Lipinski definition) is 4. The summed E-state index contributed by atoms with van der Waals surface area (Å²) in [6.45, 7) is 6.55. The van der Waals surface area contributed by atoms with E-state index in [1.54, 1.807) is 36.5 Å². The van der Waals surface area contributed by atoms with Gasteiger partial charge >= 0.3 is 0 Å². The van der Waals surface area contributed by atoms with Gasteiger partial charge in [-0.05, 0) is 61.7 Å². The van der Waals surface area contributed by atoms with Crippen LogP contribution >= 0.6 is 0 Å². The summed E-state index contributed by atoms with van der Waals surface area (Å²) >= 11 is 0. The predicted octanol–water partition coefficient (Wildman–Crippen LogP) is 5.02. The molecule has 1 N–H and O–H groups in total. The monoisotopic (exact) mass is 475 g/mol. The molecule has 1 aromatic heterocycles. The van der Waals surface area contributed by atoms with Gasteiger partial charge in [0.25, 0.3) is 5.91 Å². The molecule has 0 spiro atoms. The number of carbonyl (C=O) groups excluding carboxylic acids is 1. The summed E-state index contributed by atoms with van der Waals surface area (Å²) in [4.78, 5) is 24.0. The van der Waals surface area contributed by atoms with Gasteiger partial charge in [0.05, 0.1) is 30.9 Å². The summed E-state index contributed by atoms with van der Waals surface area (Å²) in [5.74, 6) is 0.664. The van der Waals surface area contributed by atoms with Crippen molar-refractivity contribution in [3.05, 3.63) is 83.3 Å². The lowest BCUT2D eigenvalue weighted by molar-refractivity contribution is -0.123. The van der Waals surface area contributed by atoms with Gasteiger partial charge in [-0.1, -0.05) is 31.5 Å². The quantitative estimate of drug-likeness (QED) is 0.367. The van der Waals surface area contributed by atoms with Crippen molar-refractivity contribution < 1.29 is 13.9 Å². The van der Waals surface area contributed by atoms with Crippen LogP contribution < -0.4 is 10.1 Å². The lowest BCUT2D eigenvalue weighted by Crippen LogP contribution is -2.35. The zero-order chi connectivity index (χ0) is 24.9. The summed E-state index contributed by atoms with van der Waals surface area (Å²) < 4.78 is 21.0. The first-order valence-electron chi connectivity index (χ1n) is 11.7. The van der Waals surface area contributed by atoms with E-state index in [-0.39, 0.29) is 17.8 Å². The number of hydrogen-bond donors (Lipinski definition) is 1. The fourth-order valence-corrected chi connectivity index (χ4v) is 3.98. The number of imidazole rings is 1. The van der Waals surface area contributed by atoms with E-state index < -0.39 is 0 Å². The number of rotatable bonds is 8. The Balaban J connectivity index is 1.66. The van der Waals surface area contributed by atoms with Crippen molar-refractivity contribution >= 4 is 17.9 Å². The van der Waals surface area contributed by atoms with Crippen LogP contribution in [0.25, 0.3) is 11.8 Å². The van der Waals surface area contributed by atoms with E-state index in [0.29, 0.717) is 24.0 Å². The SMILES string of the molecule is CCCCN=C1NC(=Cc2ccc(-n3cnc(C)c3)c(OC)c2)C(=O)N1[C@@H](C)c1ccc(F)cc1. The van der Waals surface area contributed by atoms with E-state index in [0.717, 1.165) is 35.3 Å². The van der Waals surface area contributed by atoms with E-state index in [1.165, 1.54) is 12.1 Å². The number of aliphatic imine (C=N–C) groups is 1. The van der Waals surface area contributed by atoms with E-state index >= 15 is 0 Å². The van der Waals surface area contributed by atoms with Gasteiger partial charge in [0, 0.05) is 12.7 Å². The van der Waals surface area contributed by atoms with Crippen molar-refractivity contribution in [2.45, 2.75) is 39.7 Å². The molecule has 8 heteroatoms. The molecule has 0 aliphatic carbocycles. The molecular weight excluding hydrogens is 445 g/mol. The summed E-state index contributed by atoms with van der Waals surface area (Å²) in [5.41, 5.74) is 3.82. The highest BCUT2D eigenvalue weighted by molar-refractivity contribution is 6.15. The molecule has 0 unspecified atom stereocenters. The highest BCUT2D eigenvalue weighted by Gasteiger charge is 2.36. The Hall–Kier alpha value is -3.94. The first-order chi connectivity index (χ1) is 16.9. The molecular formula is C27H30FN5O2. The van der Waals surface area contributed by atoms with Crippen molar-refractivity contribution in [1.29, 1.82) is 0 Å². The molecule has 0 saturated carbocycles. The molecule has 1 fully saturated rings. The number of carbonyl (C=O) groups is 1. The third kappa shape index (κ3) is 5.26. The second-order valence-corrected chi connectivity index (χ2v) is 8.50. The Morgan fingerprint density at radius 2 is 2.00 bits per heavy atom. The average Bonchev–Trinajstić information content (AvgIpc) is 3.42. The maximum Gasteiger partial charge on any atom is 0.277 e. The number of methoxy groups -OCH3 is 1. The van der Waals surface area contributed by atoms with E-state index in [9.17, 15) is 9.18 Å². The van der Waals surface area contributed by atoms with Crippen LogP contribution in [0.15, 0.2) is 65.7 Å². The average molecular weight is 476 g/mol. The smallest absolute Gasteiger partial charge is 0.277 e. The number of nitrogens with one attached hydrogen (secondary N) is 1. The maximum atomic E-state index is 13.5. The van der Waals surface area contributed by atoms with Crippen LogP contribution in [-0.4, -0.2) is 40.0 Å². The van der Waals surface area contributed by atoms with E-state index in [1.807, 2.05) is 42.8 Å². The van der Waals surface area contributed by atoms with Gasteiger partial charge < -0.3 is 14.6 Å². The molecule has 1 aliphatic rings. The lowest BCUT2D eigenvalue weighted by Gasteiger charge is -2.24. The molecule has 2 heterocycles. The minimum atomic E-state index is -0.316. The summed E-state index contributed by atoms with van der Waals surface area (Å²) in [6, 6.07) is 11.6. The van der Waals surface area contributed by atoms with Crippen LogP contribution in [0.5, 0.6) is 5.75 Å². The number of ether oxygens (including phenoxy) is 1. The van der Waals surface area contributed by atoms with E-state index in [4.69, 9.17) is 4.74 Å². The number of unbranched alkanes of at least 4 members (excludes halogenated alkanes) is 1. The maximum absolute atomic E-state index is 13.5. The van der Waals surface area contributed by atoms with E-state index in [2.05, 4.69) is 22.2 Å².